The van der Waals surface area contributed by atoms with Gasteiger partial charge in [0.15, 0.2) is 0 Å². The lowest BCUT2D eigenvalue weighted by Crippen LogP contribution is -2.36. The van der Waals surface area contributed by atoms with Crippen LogP contribution in [0.25, 0.3) is 0 Å². The zero-order chi connectivity index (χ0) is 14.3. The summed E-state index contributed by atoms with van der Waals surface area (Å²) in [6.45, 7) is 3.84. The van der Waals surface area contributed by atoms with E-state index < -0.39 is 10.1 Å². The number of nitrogens with zero attached hydrogens (tertiary/aromatic N) is 1. The highest BCUT2D eigenvalue weighted by Crippen LogP contribution is 2.17. The van der Waals surface area contributed by atoms with Crippen LogP contribution in [0.15, 0.2) is 11.8 Å². The van der Waals surface area contributed by atoms with E-state index in [0.29, 0.717) is 13.1 Å². The van der Waals surface area contributed by atoms with Crippen LogP contribution in [0.5, 0.6) is 0 Å². The summed E-state index contributed by atoms with van der Waals surface area (Å²) in [5.41, 5.74) is 0. The molecule has 1 rings (SSSR count). The minimum atomic E-state index is -3.40. The lowest BCUT2D eigenvalue weighted by molar-refractivity contribution is 0.162. The highest BCUT2D eigenvalue weighted by atomic mass is 32.2. The van der Waals surface area contributed by atoms with E-state index in [2.05, 4.69) is 12.0 Å². The molecule has 1 atom stereocenters. The van der Waals surface area contributed by atoms with Gasteiger partial charge in [-0.1, -0.05) is 5.92 Å². The molecule has 0 amide bonds. The van der Waals surface area contributed by atoms with Gasteiger partial charge in [-0.3, -0.25) is 9.08 Å². The van der Waals surface area contributed by atoms with Gasteiger partial charge in [-0.25, -0.2) is 0 Å². The van der Waals surface area contributed by atoms with Crippen molar-refractivity contribution in [1.29, 1.82) is 0 Å². The van der Waals surface area contributed by atoms with E-state index in [1.54, 1.807) is 0 Å². The first-order valence-electron chi connectivity index (χ1n) is 6.26. The van der Waals surface area contributed by atoms with Gasteiger partial charge in [0.2, 0.25) is 0 Å². The molecule has 1 aliphatic rings. The Morgan fingerprint density at radius 3 is 2.89 bits per heavy atom. The third kappa shape index (κ3) is 6.62. The van der Waals surface area contributed by atoms with Crippen molar-refractivity contribution in [3.05, 3.63) is 11.8 Å². The molecule has 0 fully saturated rings. The monoisotopic (exact) mass is 287 g/mol. The first-order chi connectivity index (χ1) is 8.92. The molecule has 0 bridgehead atoms. The second kappa shape index (κ2) is 7.53. The molecular weight excluding hydrogens is 266 g/mol. The highest BCUT2D eigenvalue weighted by molar-refractivity contribution is 7.85. The van der Waals surface area contributed by atoms with Crippen LogP contribution in [0.3, 0.4) is 0 Å². The molecule has 0 saturated heterocycles. The Bertz CT molecular complexity index is 450. The van der Waals surface area contributed by atoms with Crippen LogP contribution in [0, 0.1) is 12.3 Å². The van der Waals surface area contributed by atoms with Crippen molar-refractivity contribution in [1.82, 2.24) is 4.90 Å². The van der Waals surface area contributed by atoms with E-state index >= 15 is 0 Å². The van der Waals surface area contributed by atoms with E-state index in [-0.39, 0.29) is 12.6 Å². The summed E-state index contributed by atoms with van der Waals surface area (Å²) in [5.74, 6) is 3.57. The van der Waals surface area contributed by atoms with E-state index in [4.69, 9.17) is 15.3 Å². The van der Waals surface area contributed by atoms with Crippen molar-refractivity contribution < 1.29 is 17.3 Å². The minimum absolute atomic E-state index is 0.116. The molecule has 5 nitrogen and oxygen atoms in total. The Morgan fingerprint density at radius 2 is 2.37 bits per heavy atom. The van der Waals surface area contributed by atoms with Crippen LogP contribution in [0.2, 0.25) is 0 Å². The lowest BCUT2D eigenvalue weighted by atomic mass is 10.1. The molecule has 19 heavy (non-hydrogen) atoms. The Kier molecular flexibility index (Phi) is 6.35. The number of terminal acetylenes is 1. The van der Waals surface area contributed by atoms with Gasteiger partial charge in [-0.2, -0.15) is 8.42 Å². The van der Waals surface area contributed by atoms with Crippen LogP contribution >= 0.6 is 0 Å². The van der Waals surface area contributed by atoms with E-state index in [1.807, 2.05) is 11.8 Å². The quantitative estimate of drug-likeness (QED) is 0.492. The topological polar surface area (TPSA) is 55.8 Å². The van der Waals surface area contributed by atoms with Gasteiger partial charge in [0.1, 0.15) is 0 Å². The van der Waals surface area contributed by atoms with Gasteiger partial charge in [0.25, 0.3) is 10.1 Å². The number of hydrogen-bond acceptors (Lipinski definition) is 5. The fraction of sp³-hybridized carbons (Fsp3) is 0.692. The molecule has 0 N–H and O–H groups in total. The zero-order valence-electron chi connectivity index (χ0n) is 11.5. The predicted octanol–water partition coefficient (Wildman–Crippen LogP) is 0.981. The molecule has 1 aliphatic heterocycles. The Hall–Kier alpha value is -1.03. The summed E-state index contributed by atoms with van der Waals surface area (Å²) in [6.07, 6.45) is 10.2. The Morgan fingerprint density at radius 1 is 1.63 bits per heavy atom. The Labute approximate surface area is 115 Å². The van der Waals surface area contributed by atoms with Gasteiger partial charge >= 0.3 is 0 Å². The molecule has 0 spiro atoms. The standard InChI is InChI=1S/C13H21NO4S/c1-4-7-14(8-10-18-19(3,15)16)12(2)11-13-6-5-9-17-13/h1,6,12H,5,7-11H2,2-3H3. The Balaban J connectivity index is 2.44. The molecule has 0 saturated carbocycles. The molecule has 1 heterocycles. The SMILES string of the molecule is C#CCN(CCOS(C)(=O)=O)C(C)CC1=CCCO1. The van der Waals surface area contributed by atoms with Crippen molar-refractivity contribution in [3.8, 4) is 12.3 Å². The summed E-state index contributed by atoms with van der Waals surface area (Å²) < 4.78 is 32.0. The van der Waals surface area contributed by atoms with Gasteiger partial charge in [0, 0.05) is 25.4 Å². The predicted molar refractivity (Wildman–Crippen MR) is 73.9 cm³/mol. The molecular formula is C13H21NO4S. The molecule has 6 heteroatoms. The zero-order valence-corrected chi connectivity index (χ0v) is 12.3. The molecule has 108 valence electrons. The molecule has 0 aliphatic carbocycles. The molecule has 0 aromatic carbocycles. The maximum absolute atomic E-state index is 10.9. The average molecular weight is 287 g/mol. The molecule has 0 aromatic heterocycles. The van der Waals surface area contributed by atoms with Gasteiger partial charge in [-0.05, 0) is 13.0 Å². The van der Waals surface area contributed by atoms with Gasteiger partial charge < -0.3 is 4.74 Å². The molecule has 0 aromatic rings. The third-order valence-corrected chi connectivity index (χ3v) is 3.46. The van der Waals surface area contributed by atoms with Crippen LogP contribution in [0.4, 0.5) is 0 Å². The van der Waals surface area contributed by atoms with Crippen molar-refractivity contribution >= 4 is 10.1 Å². The maximum Gasteiger partial charge on any atom is 0.264 e. The summed E-state index contributed by atoms with van der Waals surface area (Å²) in [7, 11) is -3.40. The van der Waals surface area contributed by atoms with Crippen molar-refractivity contribution in [2.24, 2.45) is 0 Å². The van der Waals surface area contributed by atoms with Crippen LogP contribution < -0.4 is 0 Å². The fourth-order valence-corrected chi connectivity index (χ4v) is 2.29. The fourth-order valence-electron chi connectivity index (χ4n) is 1.91. The van der Waals surface area contributed by atoms with Crippen molar-refractivity contribution in [2.45, 2.75) is 25.8 Å². The van der Waals surface area contributed by atoms with E-state index in [0.717, 1.165) is 31.5 Å². The van der Waals surface area contributed by atoms with Crippen molar-refractivity contribution in [3.63, 3.8) is 0 Å². The summed E-state index contributed by atoms with van der Waals surface area (Å²) >= 11 is 0. The van der Waals surface area contributed by atoms with Crippen LogP contribution in [0.1, 0.15) is 19.8 Å². The first-order valence-corrected chi connectivity index (χ1v) is 8.08. The number of hydrogen-bond donors (Lipinski definition) is 0. The average Bonchev–Trinajstić information content (AvgIpc) is 2.79. The van der Waals surface area contributed by atoms with Crippen LogP contribution in [-0.2, 0) is 19.0 Å². The summed E-state index contributed by atoms with van der Waals surface area (Å²) in [6, 6.07) is 0.184. The largest absolute Gasteiger partial charge is 0.498 e. The lowest BCUT2D eigenvalue weighted by Gasteiger charge is -2.27. The van der Waals surface area contributed by atoms with Gasteiger partial charge in [-0.15, -0.1) is 6.42 Å². The number of rotatable bonds is 8. The highest BCUT2D eigenvalue weighted by Gasteiger charge is 2.17. The van der Waals surface area contributed by atoms with E-state index in [9.17, 15) is 8.42 Å². The smallest absolute Gasteiger partial charge is 0.264 e. The van der Waals surface area contributed by atoms with Crippen LogP contribution in [-0.4, -0.2) is 51.9 Å². The first kappa shape index (κ1) is 16.0. The second-order valence-corrected chi connectivity index (χ2v) is 6.21. The maximum atomic E-state index is 10.9. The van der Waals surface area contributed by atoms with Crippen molar-refractivity contribution in [2.75, 3.05) is 32.6 Å². The molecule has 1 unspecified atom stereocenters. The summed E-state index contributed by atoms with van der Waals surface area (Å²) in [5, 5.41) is 0. The molecule has 0 radical (unpaired) electrons. The van der Waals surface area contributed by atoms with Gasteiger partial charge in [0.05, 0.1) is 31.8 Å². The second-order valence-electron chi connectivity index (χ2n) is 4.56. The normalized spacial score (nSPS) is 16.8. The third-order valence-electron chi connectivity index (χ3n) is 2.87. The number of ether oxygens (including phenoxy) is 1. The van der Waals surface area contributed by atoms with E-state index in [1.165, 1.54) is 0 Å². The minimum Gasteiger partial charge on any atom is -0.498 e. The summed E-state index contributed by atoms with van der Waals surface area (Å²) in [4.78, 5) is 2.01.